The van der Waals surface area contributed by atoms with Crippen LogP contribution in [0.25, 0.3) is 0 Å². The first-order valence-corrected chi connectivity index (χ1v) is 6.52. The molecule has 112 valence electrons. The Bertz CT molecular complexity index is 428. The maximum absolute atomic E-state index is 11.2. The molecule has 1 amide bonds. The van der Waals surface area contributed by atoms with Gasteiger partial charge in [0.15, 0.2) is 0 Å². The van der Waals surface area contributed by atoms with E-state index >= 15 is 0 Å². The van der Waals surface area contributed by atoms with Gasteiger partial charge in [-0.1, -0.05) is 0 Å². The molecule has 0 atom stereocenters. The number of hydrogen-bond donors (Lipinski definition) is 2. The van der Waals surface area contributed by atoms with Crippen LogP contribution in [0.15, 0.2) is 12.4 Å². The predicted molar refractivity (Wildman–Crippen MR) is 74.9 cm³/mol. The largest absolute Gasteiger partial charge is 0.374 e. The van der Waals surface area contributed by atoms with Crippen molar-refractivity contribution in [3.63, 3.8) is 0 Å². The van der Waals surface area contributed by atoms with Crippen LogP contribution in [0, 0.1) is 0 Å². The highest BCUT2D eigenvalue weighted by Crippen LogP contribution is 2.09. The summed E-state index contributed by atoms with van der Waals surface area (Å²) in [5.41, 5.74) is 1.57. The van der Waals surface area contributed by atoms with Gasteiger partial charge in [0.05, 0.1) is 17.8 Å². The Morgan fingerprint density at radius 1 is 1.40 bits per heavy atom. The van der Waals surface area contributed by atoms with Crippen LogP contribution >= 0.6 is 0 Å². The van der Waals surface area contributed by atoms with E-state index in [0.717, 1.165) is 6.54 Å². The molecule has 0 saturated carbocycles. The topological polar surface area (TPSA) is 87.6 Å². The molecular weight excluding hydrogens is 260 g/mol. The maximum Gasteiger partial charge on any atom is 0.277 e. The van der Waals surface area contributed by atoms with Crippen LogP contribution in [0.1, 0.15) is 38.1 Å². The number of aromatic nitrogens is 2. The summed E-state index contributed by atoms with van der Waals surface area (Å²) in [6.45, 7) is 9.97. The number of hydroxylamine groups is 1. The fourth-order valence-electron chi connectivity index (χ4n) is 1.53. The summed E-state index contributed by atoms with van der Waals surface area (Å²) in [5, 5.41) is 8.52. The van der Waals surface area contributed by atoms with Gasteiger partial charge >= 0.3 is 0 Å². The Morgan fingerprint density at radius 2 is 2.00 bits per heavy atom. The average Bonchev–Trinajstić information content (AvgIpc) is 2.42. The van der Waals surface area contributed by atoms with Gasteiger partial charge in [0.25, 0.3) is 5.91 Å². The molecule has 0 aromatic carbocycles. The summed E-state index contributed by atoms with van der Waals surface area (Å²) >= 11 is 0. The third kappa shape index (κ3) is 5.10. The first-order valence-electron chi connectivity index (χ1n) is 6.52. The first kappa shape index (κ1) is 16.3. The van der Waals surface area contributed by atoms with Gasteiger partial charge in [-0.3, -0.25) is 10.0 Å². The molecular formula is C13H22N4O3. The number of carbonyl (C=O) groups is 1. The zero-order valence-corrected chi connectivity index (χ0v) is 12.4. The Kier molecular flexibility index (Phi) is 5.84. The molecule has 0 bridgehead atoms. The Balaban J connectivity index is 2.63. The van der Waals surface area contributed by atoms with E-state index in [1.54, 1.807) is 5.48 Å². The molecule has 0 aliphatic heterocycles. The molecule has 7 heteroatoms. The van der Waals surface area contributed by atoms with E-state index in [1.807, 2.05) is 32.6 Å². The lowest BCUT2D eigenvalue weighted by Gasteiger charge is -2.24. The Morgan fingerprint density at radius 3 is 2.45 bits per heavy atom. The molecule has 0 aliphatic rings. The van der Waals surface area contributed by atoms with Crippen molar-refractivity contribution in [3.05, 3.63) is 18.0 Å². The number of carbonyl (C=O) groups excluding carboxylic acids is 1. The highest BCUT2D eigenvalue weighted by Gasteiger charge is 2.13. The zero-order valence-electron chi connectivity index (χ0n) is 12.4. The molecule has 2 N–H and O–H groups in total. The van der Waals surface area contributed by atoms with Gasteiger partial charge < -0.3 is 9.64 Å². The third-order valence-electron chi connectivity index (χ3n) is 2.56. The molecule has 0 aliphatic carbocycles. The van der Waals surface area contributed by atoms with E-state index in [-0.39, 0.29) is 11.2 Å². The van der Waals surface area contributed by atoms with Gasteiger partial charge in [-0.25, -0.2) is 15.4 Å². The van der Waals surface area contributed by atoms with Crippen molar-refractivity contribution < 1.29 is 14.7 Å². The van der Waals surface area contributed by atoms with Crippen LogP contribution < -0.4 is 10.4 Å². The summed E-state index contributed by atoms with van der Waals surface area (Å²) in [5.74, 6) is -0.102. The molecule has 7 nitrogen and oxygen atoms in total. The molecule has 0 radical (unpaired) electrons. The summed E-state index contributed by atoms with van der Waals surface area (Å²) in [4.78, 5) is 21.4. The van der Waals surface area contributed by atoms with Crippen LogP contribution in [0.2, 0.25) is 0 Å². The SMILES string of the molecule is CCN(CCOC(C)(C)C)c1ncc(C(=O)NO)cn1. The van der Waals surface area contributed by atoms with E-state index in [0.29, 0.717) is 19.1 Å². The smallest absolute Gasteiger partial charge is 0.277 e. The van der Waals surface area contributed by atoms with E-state index in [4.69, 9.17) is 9.94 Å². The number of nitrogens with one attached hydrogen (secondary N) is 1. The minimum Gasteiger partial charge on any atom is -0.374 e. The predicted octanol–water partition coefficient (Wildman–Crippen LogP) is 1.24. The molecule has 0 unspecified atom stereocenters. The third-order valence-corrected chi connectivity index (χ3v) is 2.56. The number of amides is 1. The van der Waals surface area contributed by atoms with E-state index in [2.05, 4.69) is 9.97 Å². The first-order chi connectivity index (χ1) is 9.37. The standard InChI is InChI=1S/C13H22N4O3/c1-5-17(6-7-20-13(2,3)4)12-14-8-10(9-15-12)11(18)16-19/h8-9,19H,5-7H2,1-4H3,(H,16,18). The summed E-state index contributed by atoms with van der Waals surface area (Å²) in [7, 11) is 0. The van der Waals surface area contributed by atoms with Crippen molar-refractivity contribution in [2.75, 3.05) is 24.6 Å². The van der Waals surface area contributed by atoms with Gasteiger partial charge in [-0.05, 0) is 27.7 Å². The van der Waals surface area contributed by atoms with E-state index in [9.17, 15) is 4.79 Å². The number of likely N-dealkylation sites (N-methyl/N-ethyl adjacent to an activating group) is 1. The number of nitrogens with zero attached hydrogens (tertiary/aromatic N) is 3. The number of hydrogen-bond acceptors (Lipinski definition) is 6. The number of rotatable bonds is 6. The quantitative estimate of drug-likeness (QED) is 0.603. The van der Waals surface area contributed by atoms with Crippen LogP contribution in [0.4, 0.5) is 5.95 Å². The summed E-state index contributed by atoms with van der Waals surface area (Å²) < 4.78 is 5.67. The van der Waals surface area contributed by atoms with Gasteiger partial charge in [0, 0.05) is 25.5 Å². The second-order valence-corrected chi connectivity index (χ2v) is 5.25. The minimum absolute atomic E-state index is 0.177. The van der Waals surface area contributed by atoms with Crippen molar-refractivity contribution >= 4 is 11.9 Å². The molecule has 0 spiro atoms. The van der Waals surface area contributed by atoms with Crippen molar-refractivity contribution in [2.24, 2.45) is 0 Å². The van der Waals surface area contributed by atoms with Crippen LogP contribution in [0.3, 0.4) is 0 Å². The minimum atomic E-state index is -0.629. The van der Waals surface area contributed by atoms with Crippen LogP contribution in [-0.2, 0) is 4.74 Å². The van der Waals surface area contributed by atoms with E-state index in [1.165, 1.54) is 12.4 Å². The summed E-state index contributed by atoms with van der Waals surface area (Å²) in [6.07, 6.45) is 2.75. The molecule has 20 heavy (non-hydrogen) atoms. The van der Waals surface area contributed by atoms with Gasteiger partial charge in [0.1, 0.15) is 0 Å². The van der Waals surface area contributed by atoms with Crippen molar-refractivity contribution in [1.29, 1.82) is 0 Å². The monoisotopic (exact) mass is 282 g/mol. The van der Waals surface area contributed by atoms with Crippen molar-refractivity contribution in [2.45, 2.75) is 33.3 Å². The van der Waals surface area contributed by atoms with Crippen LogP contribution in [0.5, 0.6) is 0 Å². The highest BCUT2D eigenvalue weighted by atomic mass is 16.5. The normalized spacial score (nSPS) is 11.2. The molecule has 0 fully saturated rings. The number of ether oxygens (including phenoxy) is 1. The lowest BCUT2D eigenvalue weighted by Crippen LogP contribution is -2.32. The second kappa shape index (κ2) is 7.16. The van der Waals surface area contributed by atoms with Crippen molar-refractivity contribution in [1.82, 2.24) is 15.4 Å². The molecule has 1 aromatic heterocycles. The lowest BCUT2D eigenvalue weighted by atomic mass is 10.2. The van der Waals surface area contributed by atoms with Gasteiger partial charge in [-0.2, -0.15) is 0 Å². The molecule has 1 rings (SSSR count). The summed E-state index contributed by atoms with van der Waals surface area (Å²) in [6, 6.07) is 0. The average molecular weight is 282 g/mol. The van der Waals surface area contributed by atoms with Gasteiger partial charge in [-0.15, -0.1) is 0 Å². The highest BCUT2D eigenvalue weighted by molar-refractivity contribution is 5.92. The van der Waals surface area contributed by atoms with Gasteiger partial charge in [0.2, 0.25) is 5.95 Å². The van der Waals surface area contributed by atoms with Crippen molar-refractivity contribution in [3.8, 4) is 0 Å². The Hall–Kier alpha value is -1.73. The molecule has 1 aromatic rings. The van der Waals surface area contributed by atoms with E-state index < -0.39 is 5.91 Å². The lowest BCUT2D eigenvalue weighted by molar-refractivity contribution is 0.00132. The fourth-order valence-corrected chi connectivity index (χ4v) is 1.53. The van der Waals surface area contributed by atoms with Crippen LogP contribution in [-0.4, -0.2) is 46.4 Å². The zero-order chi connectivity index (χ0) is 15.2. The Labute approximate surface area is 118 Å². The molecule has 1 heterocycles. The number of anilines is 1. The second-order valence-electron chi connectivity index (χ2n) is 5.25. The molecule has 0 saturated heterocycles. The fraction of sp³-hybridized carbons (Fsp3) is 0.615. The maximum atomic E-state index is 11.2.